The van der Waals surface area contributed by atoms with Gasteiger partial charge in [0, 0.05) is 24.2 Å². The van der Waals surface area contributed by atoms with Crippen LogP contribution in [0.1, 0.15) is 29.5 Å². The summed E-state index contributed by atoms with van der Waals surface area (Å²) in [6, 6.07) is 14.9. The lowest BCUT2D eigenvalue weighted by molar-refractivity contribution is 0.208. The molecule has 5 heteroatoms. The molecule has 1 aromatic heterocycles. The van der Waals surface area contributed by atoms with Crippen LogP contribution in [0.25, 0.3) is 11.3 Å². The second-order valence-corrected chi connectivity index (χ2v) is 6.66. The molecule has 1 heterocycles. The van der Waals surface area contributed by atoms with Crippen LogP contribution in [-0.2, 0) is 6.42 Å². The molecule has 0 radical (unpaired) electrons. The van der Waals surface area contributed by atoms with Crippen molar-refractivity contribution in [2.75, 3.05) is 11.9 Å². The summed E-state index contributed by atoms with van der Waals surface area (Å²) in [7, 11) is 0. The predicted octanol–water partition coefficient (Wildman–Crippen LogP) is 3.76. The Labute approximate surface area is 151 Å². The Morgan fingerprint density at radius 1 is 1.15 bits per heavy atom. The Balaban J connectivity index is 1.78. The quantitative estimate of drug-likeness (QED) is 0.753. The van der Waals surface area contributed by atoms with E-state index in [1.54, 1.807) is 19.2 Å². The minimum Gasteiger partial charge on any atom is -0.392 e. The zero-order chi connectivity index (χ0) is 18.1. The Morgan fingerprint density at radius 3 is 2.65 bits per heavy atom. The van der Waals surface area contributed by atoms with Gasteiger partial charge in [-0.25, -0.2) is 14.4 Å². The lowest BCUT2D eigenvalue weighted by Crippen LogP contribution is -2.19. The van der Waals surface area contributed by atoms with Gasteiger partial charge in [-0.2, -0.15) is 0 Å². The summed E-state index contributed by atoms with van der Waals surface area (Å²) >= 11 is 0. The first-order valence-electron chi connectivity index (χ1n) is 8.75. The van der Waals surface area contributed by atoms with E-state index >= 15 is 0 Å². The molecule has 2 aromatic carbocycles. The standard InChI is InChI=1S/C21H20FN3O/c1-13(26)11-23-21-24-12-14-10-18(16-7-4-5-9-19(16)22)15-6-2-3-8-17(15)20(14)25-21/h2-9,12-13,18,26H,10-11H2,1H3,(H,23,24,25)/t13-,18?/m1/s1. The smallest absolute Gasteiger partial charge is 0.223 e. The van der Waals surface area contributed by atoms with Crippen LogP contribution in [0.3, 0.4) is 0 Å². The third-order valence-corrected chi connectivity index (χ3v) is 4.72. The van der Waals surface area contributed by atoms with Crippen LogP contribution in [0.2, 0.25) is 0 Å². The highest BCUT2D eigenvalue weighted by Crippen LogP contribution is 2.42. The molecule has 0 fully saturated rings. The highest BCUT2D eigenvalue weighted by molar-refractivity contribution is 5.72. The predicted molar refractivity (Wildman–Crippen MR) is 99.6 cm³/mol. The summed E-state index contributed by atoms with van der Waals surface area (Å²) in [5.41, 5.74) is 4.65. The largest absolute Gasteiger partial charge is 0.392 e. The number of rotatable bonds is 4. The number of aromatic nitrogens is 2. The zero-order valence-corrected chi connectivity index (χ0v) is 14.5. The van der Waals surface area contributed by atoms with Crippen molar-refractivity contribution in [3.63, 3.8) is 0 Å². The van der Waals surface area contributed by atoms with Gasteiger partial charge >= 0.3 is 0 Å². The van der Waals surface area contributed by atoms with Crippen molar-refractivity contribution >= 4 is 5.95 Å². The summed E-state index contributed by atoms with van der Waals surface area (Å²) in [4.78, 5) is 9.01. The molecule has 1 aliphatic carbocycles. The molecule has 1 aliphatic rings. The molecule has 2 atom stereocenters. The molecule has 3 aromatic rings. The van der Waals surface area contributed by atoms with Gasteiger partial charge in [0.1, 0.15) is 5.82 Å². The van der Waals surface area contributed by atoms with E-state index in [0.717, 1.165) is 22.4 Å². The van der Waals surface area contributed by atoms with Crippen molar-refractivity contribution in [1.29, 1.82) is 0 Å². The summed E-state index contributed by atoms with van der Waals surface area (Å²) in [6.45, 7) is 2.10. The Kier molecular flexibility index (Phi) is 4.39. The molecule has 26 heavy (non-hydrogen) atoms. The molecule has 0 aliphatic heterocycles. The molecule has 4 nitrogen and oxygen atoms in total. The van der Waals surface area contributed by atoms with Gasteiger partial charge in [-0.15, -0.1) is 0 Å². The van der Waals surface area contributed by atoms with Crippen molar-refractivity contribution in [3.05, 3.63) is 77.2 Å². The van der Waals surface area contributed by atoms with E-state index < -0.39 is 6.10 Å². The normalized spacial score (nSPS) is 16.5. The summed E-state index contributed by atoms with van der Waals surface area (Å²) in [5, 5.41) is 12.5. The summed E-state index contributed by atoms with van der Waals surface area (Å²) in [6.07, 6.45) is 1.98. The van der Waals surface area contributed by atoms with Gasteiger partial charge < -0.3 is 10.4 Å². The average Bonchev–Trinajstić information content (AvgIpc) is 2.66. The average molecular weight is 349 g/mol. The van der Waals surface area contributed by atoms with Crippen LogP contribution in [0.4, 0.5) is 10.3 Å². The van der Waals surface area contributed by atoms with Gasteiger partial charge in [0.05, 0.1) is 11.8 Å². The van der Waals surface area contributed by atoms with Crippen LogP contribution >= 0.6 is 0 Å². The van der Waals surface area contributed by atoms with Gasteiger partial charge in [0.15, 0.2) is 0 Å². The zero-order valence-electron chi connectivity index (χ0n) is 14.5. The highest BCUT2D eigenvalue weighted by atomic mass is 19.1. The van der Waals surface area contributed by atoms with E-state index in [0.29, 0.717) is 24.5 Å². The van der Waals surface area contributed by atoms with Crippen LogP contribution in [0.15, 0.2) is 54.7 Å². The molecule has 0 amide bonds. The number of benzene rings is 2. The van der Waals surface area contributed by atoms with E-state index in [9.17, 15) is 9.50 Å². The van der Waals surface area contributed by atoms with Gasteiger partial charge in [0.2, 0.25) is 5.95 Å². The molecule has 2 N–H and O–H groups in total. The molecular formula is C21H20FN3O. The Bertz CT molecular complexity index is 942. The lowest BCUT2D eigenvalue weighted by Gasteiger charge is -2.27. The summed E-state index contributed by atoms with van der Waals surface area (Å²) < 4.78 is 14.4. The van der Waals surface area contributed by atoms with Crippen LogP contribution in [0.5, 0.6) is 0 Å². The van der Waals surface area contributed by atoms with E-state index in [1.165, 1.54) is 6.07 Å². The number of nitrogens with zero attached hydrogens (tertiary/aromatic N) is 2. The minimum absolute atomic E-state index is 0.0558. The van der Waals surface area contributed by atoms with E-state index in [4.69, 9.17) is 0 Å². The molecule has 0 bridgehead atoms. The van der Waals surface area contributed by atoms with Gasteiger partial charge in [0.25, 0.3) is 0 Å². The fraction of sp³-hybridized carbons (Fsp3) is 0.238. The number of anilines is 1. The Morgan fingerprint density at radius 2 is 1.88 bits per heavy atom. The summed E-state index contributed by atoms with van der Waals surface area (Å²) in [5.74, 6) is 0.246. The van der Waals surface area contributed by atoms with Crippen LogP contribution < -0.4 is 5.32 Å². The minimum atomic E-state index is -0.479. The number of nitrogens with one attached hydrogen (secondary N) is 1. The molecule has 0 saturated heterocycles. The molecule has 4 rings (SSSR count). The van der Waals surface area contributed by atoms with Gasteiger partial charge in [-0.05, 0) is 36.1 Å². The monoisotopic (exact) mass is 349 g/mol. The number of hydrogen-bond acceptors (Lipinski definition) is 4. The fourth-order valence-corrected chi connectivity index (χ4v) is 3.50. The van der Waals surface area contributed by atoms with Gasteiger partial charge in [-0.3, -0.25) is 0 Å². The third kappa shape index (κ3) is 3.06. The number of hydrogen-bond donors (Lipinski definition) is 2. The molecule has 0 saturated carbocycles. The van der Waals surface area contributed by atoms with Crippen molar-refractivity contribution in [2.24, 2.45) is 0 Å². The number of aliphatic hydroxyl groups is 1. The molecule has 132 valence electrons. The second kappa shape index (κ2) is 6.84. The van der Waals surface area contributed by atoms with Crippen LogP contribution in [0, 0.1) is 5.82 Å². The second-order valence-electron chi connectivity index (χ2n) is 6.66. The van der Waals surface area contributed by atoms with Gasteiger partial charge in [-0.1, -0.05) is 42.5 Å². The first-order chi connectivity index (χ1) is 12.6. The van der Waals surface area contributed by atoms with Crippen molar-refractivity contribution in [1.82, 2.24) is 9.97 Å². The number of halogens is 1. The number of aliphatic hydroxyl groups excluding tert-OH is 1. The van der Waals surface area contributed by atoms with Crippen molar-refractivity contribution in [3.8, 4) is 11.3 Å². The highest BCUT2D eigenvalue weighted by Gasteiger charge is 2.28. The third-order valence-electron chi connectivity index (χ3n) is 4.72. The van der Waals surface area contributed by atoms with E-state index in [-0.39, 0.29) is 11.7 Å². The van der Waals surface area contributed by atoms with Crippen LogP contribution in [-0.4, -0.2) is 27.7 Å². The lowest BCUT2D eigenvalue weighted by atomic mass is 9.78. The first-order valence-corrected chi connectivity index (χ1v) is 8.75. The maximum Gasteiger partial charge on any atom is 0.223 e. The maximum absolute atomic E-state index is 14.4. The van der Waals surface area contributed by atoms with E-state index in [1.807, 2.05) is 36.4 Å². The van der Waals surface area contributed by atoms with E-state index in [2.05, 4.69) is 15.3 Å². The fourth-order valence-electron chi connectivity index (χ4n) is 3.50. The van der Waals surface area contributed by atoms with Crippen molar-refractivity contribution < 1.29 is 9.50 Å². The topological polar surface area (TPSA) is 58.0 Å². The number of fused-ring (bicyclic) bond motifs is 3. The Hall–Kier alpha value is -2.79. The van der Waals surface area contributed by atoms with Crippen molar-refractivity contribution in [2.45, 2.75) is 25.4 Å². The molecule has 0 spiro atoms. The first kappa shape index (κ1) is 16.7. The maximum atomic E-state index is 14.4. The SMILES string of the molecule is C[C@@H](O)CNc1ncc2c(n1)-c1ccccc1C(c1ccccc1F)C2. The molecule has 1 unspecified atom stereocenters. The molecular weight excluding hydrogens is 329 g/mol.